The van der Waals surface area contributed by atoms with Crippen molar-refractivity contribution in [3.05, 3.63) is 23.8 Å². The summed E-state index contributed by atoms with van der Waals surface area (Å²) < 4.78 is 30.0. The molecule has 0 bridgehead atoms. The standard InChI is InChI=1S/C14H19N3O5S/c1-15-23(20,21)6-5-16-14(19)11-8-13(18)17-12-4-3-9(22-2)7-10(11)12/h3-4,7,11,15H,5-6,8H2,1-2H3,(H,16,19)(H,17,18). The van der Waals surface area contributed by atoms with Gasteiger partial charge in [-0.05, 0) is 30.8 Å². The van der Waals surface area contributed by atoms with E-state index in [4.69, 9.17) is 4.74 Å². The van der Waals surface area contributed by atoms with Crippen LogP contribution in [0.15, 0.2) is 18.2 Å². The summed E-state index contributed by atoms with van der Waals surface area (Å²) in [6.45, 7) is -0.0283. The van der Waals surface area contributed by atoms with Crippen LogP contribution in [0.1, 0.15) is 17.9 Å². The van der Waals surface area contributed by atoms with Crippen molar-refractivity contribution < 1.29 is 22.7 Å². The van der Waals surface area contributed by atoms with Gasteiger partial charge in [0, 0.05) is 18.7 Å². The number of amides is 2. The lowest BCUT2D eigenvalue weighted by molar-refractivity contribution is -0.126. The molecule has 9 heteroatoms. The smallest absolute Gasteiger partial charge is 0.228 e. The zero-order chi connectivity index (χ0) is 17.0. The third kappa shape index (κ3) is 4.20. The average Bonchev–Trinajstić information content (AvgIpc) is 2.53. The minimum atomic E-state index is -3.39. The average molecular weight is 341 g/mol. The van der Waals surface area contributed by atoms with Gasteiger partial charge in [-0.1, -0.05) is 0 Å². The summed E-state index contributed by atoms with van der Waals surface area (Å²) in [7, 11) is -0.566. The fourth-order valence-corrected chi connectivity index (χ4v) is 2.91. The van der Waals surface area contributed by atoms with Crippen molar-refractivity contribution in [2.75, 3.05) is 31.8 Å². The highest BCUT2D eigenvalue weighted by atomic mass is 32.2. The minimum absolute atomic E-state index is 0.00474. The Hall–Kier alpha value is -2.13. The van der Waals surface area contributed by atoms with Crippen molar-refractivity contribution in [1.29, 1.82) is 0 Å². The highest BCUT2D eigenvalue weighted by Gasteiger charge is 2.31. The Morgan fingerprint density at radius 2 is 2.17 bits per heavy atom. The molecule has 3 N–H and O–H groups in total. The SMILES string of the molecule is CNS(=O)(=O)CCNC(=O)C1CC(=O)Nc2ccc(OC)cc21. The quantitative estimate of drug-likeness (QED) is 0.662. The van der Waals surface area contributed by atoms with Gasteiger partial charge in [-0.3, -0.25) is 9.59 Å². The van der Waals surface area contributed by atoms with Crippen molar-refractivity contribution in [3.63, 3.8) is 0 Å². The number of ether oxygens (including phenoxy) is 1. The molecule has 126 valence electrons. The summed E-state index contributed by atoms with van der Waals surface area (Å²) in [5.41, 5.74) is 1.21. The number of methoxy groups -OCH3 is 1. The van der Waals surface area contributed by atoms with Crippen molar-refractivity contribution >= 4 is 27.5 Å². The molecule has 2 amide bonds. The fourth-order valence-electron chi connectivity index (χ4n) is 2.33. The predicted molar refractivity (Wildman–Crippen MR) is 84.8 cm³/mol. The van der Waals surface area contributed by atoms with Gasteiger partial charge in [0.1, 0.15) is 5.75 Å². The van der Waals surface area contributed by atoms with Crippen molar-refractivity contribution in [2.24, 2.45) is 0 Å². The van der Waals surface area contributed by atoms with Gasteiger partial charge >= 0.3 is 0 Å². The summed E-state index contributed by atoms with van der Waals surface area (Å²) in [6.07, 6.45) is 0.00474. The first kappa shape index (κ1) is 17.2. The molecule has 0 aliphatic carbocycles. The van der Waals surface area contributed by atoms with E-state index in [0.717, 1.165) is 0 Å². The Morgan fingerprint density at radius 1 is 1.43 bits per heavy atom. The van der Waals surface area contributed by atoms with Gasteiger partial charge < -0.3 is 15.4 Å². The Kier molecular flexibility index (Phi) is 5.22. The van der Waals surface area contributed by atoms with Gasteiger partial charge in [-0.15, -0.1) is 0 Å². The number of hydrogen-bond donors (Lipinski definition) is 3. The number of sulfonamides is 1. The summed E-state index contributed by atoms with van der Waals surface area (Å²) in [5.74, 6) is -0.966. The first-order chi connectivity index (χ1) is 10.9. The van der Waals surface area contributed by atoms with Crippen molar-refractivity contribution in [1.82, 2.24) is 10.0 Å². The second-order valence-corrected chi connectivity index (χ2v) is 7.12. The van der Waals surface area contributed by atoms with E-state index in [1.807, 2.05) is 0 Å². The van der Waals surface area contributed by atoms with Crippen LogP contribution in [-0.2, 0) is 19.6 Å². The van der Waals surface area contributed by atoms with Crippen LogP contribution in [0.5, 0.6) is 5.75 Å². The number of carbonyl (C=O) groups excluding carboxylic acids is 2. The maximum Gasteiger partial charge on any atom is 0.228 e. The highest BCUT2D eigenvalue weighted by molar-refractivity contribution is 7.89. The van der Waals surface area contributed by atoms with E-state index in [2.05, 4.69) is 15.4 Å². The van der Waals surface area contributed by atoms with Gasteiger partial charge in [-0.25, -0.2) is 13.1 Å². The number of anilines is 1. The van der Waals surface area contributed by atoms with Crippen LogP contribution in [-0.4, -0.2) is 46.7 Å². The van der Waals surface area contributed by atoms with Gasteiger partial charge in [0.25, 0.3) is 0 Å². The molecule has 0 aromatic heterocycles. The lowest BCUT2D eigenvalue weighted by Gasteiger charge is -2.25. The van der Waals surface area contributed by atoms with E-state index in [0.29, 0.717) is 17.0 Å². The predicted octanol–water partition coefficient (Wildman–Crippen LogP) is -0.214. The molecule has 1 unspecified atom stereocenters. The topological polar surface area (TPSA) is 114 Å². The summed E-state index contributed by atoms with van der Waals surface area (Å²) in [6, 6.07) is 5.07. The number of hydrogen-bond acceptors (Lipinski definition) is 5. The van der Waals surface area contributed by atoms with Crippen LogP contribution in [0, 0.1) is 0 Å². The van der Waals surface area contributed by atoms with E-state index in [1.165, 1.54) is 14.2 Å². The fraction of sp³-hybridized carbons (Fsp3) is 0.429. The van der Waals surface area contributed by atoms with E-state index in [-0.39, 0.29) is 30.5 Å². The molecule has 1 aliphatic heterocycles. The Bertz CT molecular complexity index is 717. The molecule has 1 aliphatic rings. The molecular formula is C14H19N3O5S. The molecule has 8 nitrogen and oxygen atoms in total. The third-order valence-electron chi connectivity index (χ3n) is 3.60. The minimum Gasteiger partial charge on any atom is -0.497 e. The van der Waals surface area contributed by atoms with E-state index in [9.17, 15) is 18.0 Å². The summed E-state index contributed by atoms with van der Waals surface area (Å²) in [4.78, 5) is 24.1. The maximum absolute atomic E-state index is 12.3. The normalized spacial score (nSPS) is 17.1. The Labute approximate surface area is 134 Å². The van der Waals surface area contributed by atoms with E-state index >= 15 is 0 Å². The first-order valence-electron chi connectivity index (χ1n) is 7.03. The lowest BCUT2D eigenvalue weighted by Crippen LogP contribution is -2.38. The third-order valence-corrected chi connectivity index (χ3v) is 4.96. The van der Waals surface area contributed by atoms with Gasteiger partial charge in [0.05, 0.1) is 18.8 Å². The highest BCUT2D eigenvalue weighted by Crippen LogP contribution is 2.34. The summed E-state index contributed by atoms with van der Waals surface area (Å²) in [5, 5.41) is 5.27. The van der Waals surface area contributed by atoms with Gasteiger partial charge in [-0.2, -0.15) is 0 Å². The van der Waals surface area contributed by atoms with Crippen molar-refractivity contribution in [3.8, 4) is 5.75 Å². The first-order valence-corrected chi connectivity index (χ1v) is 8.68. The zero-order valence-corrected chi connectivity index (χ0v) is 13.7. The number of rotatable bonds is 6. The maximum atomic E-state index is 12.3. The summed E-state index contributed by atoms with van der Waals surface area (Å²) >= 11 is 0. The van der Waals surface area contributed by atoms with Crippen LogP contribution in [0.4, 0.5) is 5.69 Å². The lowest BCUT2D eigenvalue weighted by atomic mass is 9.89. The van der Waals surface area contributed by atoms with Gasteiger partial charge in [0.2, 0.25) is 21.8 Å². The molecular weight excluding hydrogens is 322 g/mol. The van der Waals surface area contributed by atoms with Crippen molar-refractivity contribution in [2.45, 2.75) is 12.3 Å². The Balaban J connectivity index is 2.13. The molecule has 0 radical (unpaired) electrons. The molecule has 0 fully saturated rings. The van der Waals surface area contributed by atoms with Crippen LogP contribution in [0.25, 0.3) is 0 Å². The Morgan fingerprint density at radius 3 is 2.83 bits per heavy atom. The van der Waals surface area contributed by atoms with Crippen LogP contribution >= 0.6 is 0 Å². The molecule has 0 spiro atoms. The number of fused-ring (bicyclic) bond motifs is 1. The van der Waals surface area contributed by atoms with E-state index < -0.39 is 15.9 Å². The number of nitrogens with one attached hydrogen (secondary N) is 3. The van der Waals surface area contributed by atoms with E-state index in [1.54, 1.807) is 18.2 Å². The largest absolute Gasteiger partial charge is 0.497 e. The number of carbonyl (C=O) groups is 2. The molecule has 1 aromatic rings. The van der Waals surface area contributed by atoms with Crippen LogP contribution < -0.4 is 20.1 Å². The van der Waals surface area contributed by atoms with Gasteiger partial charge in [0.15, 0.2) is 0 Å². The monoisotopic (exact) mass is 341 g/mol. The zero-order valence-electron chi connectivity index (χ0n) is 12.9. The van der Waals surface area contributed by atoms with Crippen LogP contribution in [0.3, 0.4) is 0 Å². The second kappa shape index (κ2) is 6.97. The molecule has 0 saturated carbocycles. The molecule has 1 aromatic carbocycles. The molecule has 0 saturated heterocycles. The number of benzene rings is 1. The molecule has 23 heavy (non-hydrogen) atoms. The molecule has 1 heterocycles. The second-order valence-electron chi connectivity index (χ2n) is 5.07. The van der Waals surface area contributed by atoms with Crippen LogP contribution in [0.2, 0.25) is 0 Å². The molecule has 2 rings (SSSR count). The molecule has 1 atom stereocenters.